The van der Waals surface area contributed by atoms with Crippen molar-refractivity contribution in [2.24, 2.45) is 0 Å². The van der Waals surface area contributed by atoms with Gasteiger partial charge in [0, 0.05) is 19.6 Å². The van der Waals surface area contributed by atoms with Gasteiger partial charge in [-0.1, -0.05) is 18.9 Å². The Hall–Kier alpha value is -2.03. The number of alkyl halides is 3. The molecule has 1 aromatic rings. The maximum absolute atomic E-state index is 13.0. The molecule has 0 spiro atoms. The summed E-state index contributed by atoms with van der Waals surface area (Å²) in [7, 11) is 0. The van der Waals surface area contributed by atoms with E-state index >= 15 is 0 Å². The normalized spacial score (nSPS) is 27.1. The van der Waals surface area contributed by atoms with Crippen LogP contribution in [0.15, 0.2) is 18.2 Å². The molecule has 0 unspecified atom stereocenters. The molecule has 38 heavy (non-hydrogen) atoms. The van der Waals surface area contributed by atoms with Crippen molar-refractivity contribution in [3.8, 4) is 0 Å². The third kappa shape index (κ3) is 8.48. The number of amides is 1. The zero-order chi connectivity index (χ0) is 27.8. The Balaban J connectivity index is 1.34. The first-order valence-electron chi connectivity index (χ1n) is 12.9. The summed E-state index contributed by atoms with van der Waals surface area (Å²) in [6, 6.07) is 2.33. The molecule has 5 atom stereocenters. The van der Waals surface area contributed by atoms with Gasteiger partial charge in [-0.15, -0.1) is 0 Å². The highest BCUT2D eigenvalue weighted by Gasteiger charge is 2.59. The van der Waals surface area contributed by atoms with E-state index in [9.17, 15) is 28.2 Å². The van der Waals surface area contributed by atoms with Crippen LogP contribution >= 0.6 is 0 Å². The Morgan fingerprint density at radius 2 is 1.97 bits per heavy atom. The van der Waals surface area contributed by atoms with Gasteiger partial charge in [0.15, 0.2) is 6.29 Å². The summed E-state index contributed by atoms with van der Waals surface area (Å²) in [5.41, 5.74) is -2.35. The average Bonchev–Trinajstić information content (AvgIpc) is 3.26. The molecule has 0 radical (unpaired) electrons. The van der Waals surface area contributed by atoms with Gasteiger partial charge < -0.3 is 39.8 Å². The van der Waals surface area contributed by atoms with Crippen LogP contribution in [0.25, 0.3) is 0 Å². The van der Waals surface area contributed by atoms with E-state index in [1.54, 1.807) is 0 Å². The van der Waals surface area contributed by atoms with Crippen molar-refractivity contribution in [2.45, 2.75) is 88.4 Å². The lowest BCUT2D eigenvalue weighted by molar-refractivity contribution is -0.229. The molecule has 0 aromatic carbocycles. The third-order valence-electron chi connectivity index (χ3n) is 6.38. The van der Waals surface area contributed by atoms with Gasteiger partial charge in [0.2, 0.25) is 5.91 Å². The Kier molecular flexibility index (Phi) is 11.1. The van der Waals surface area contributed by atoms with Crippen LogP contribution in [0, 0.1) is 0 Å². The zero-order valence-electron chi connectivity index (χ0n) is 21.7. The second kappa shape index (κ2) is 13.9. The first-order chi connectivity index (χ1) is 18.0. The number of hydrogen-bond donors (Lipinski definition) is 4. The molecule has 10 nitrogen and oxygen atoms in total. The van der Waals surface area contributed by atoms with Gasteiger partial charge in [-0.3, -0.25) is 4.79 Å². The monoisotopic (exact) mass is 549 g/mol. The van der Waals surface area contributed by atoms with Crippen LogP contribution in [0.2, 0.25) is 0 Å². The number of nitrogens with one attached hydrogen (secondary N) is 2. The van der Waals surface area contributed by atoms with Crippen LogP contribution < -0.4 is 10.6 Å². The van der Waals surface area contributed by atoms with Crippen molar-refractivity contribution < 1.29 is 47.1 Å². The number of halogens is 3. The van der Waals surface area contributed by atoms with Gasteiger partial charge in [0.1, 0.15) is 35.4 Å². The molecular formula is C25H38F3N3O7. The quantitative estimate of drug-likeness (QED) is 0.243. The van der Waals surface area contributed by atoms with E-state index in [4.69, 9.17) is 18.9 Å². The number of rotatable bonds is 15. The van der Waals surface area contributed by atoms with Crippen LogP contribution in [0.1, 0.15) is 51.6 Å². The molecule has 0 saturated carbocycles. The van der Waals surface area contributed by atoms with Crippen molar-refractivity contribution in [3.63, 3.8) is 0 Å². The molecule has 4 N–H and O–H groups in total. The average molecular weight is 550 g/mol. The number of ether oxygens (including phenoxy) is 4. The topological polar surface area (TPSA) is 131 Å². The van der Waals surface area contributed by atoms with Crippen molar-refractivity contribution in [1.82, 2.24) is 10.3 Å². The van der Waals surface area contributed by atoms with E-state index in [0.29, 0.717) is 26.2 Å². The number of nitrogens with zero attached hydrogens (tertiary/aromatic N) is 1. The van der Waals surface area contributed by atoms with Gasteiger partial charge in [-0.2, -0.15) is 13.2 Å². The molecule has 1 amide bonds. The van der Waals surface area contributed by atoms with Gasteiger partial charge in [0.05, 0.1) is 25.9 Å². The number of unbranched alkanes of at least 4 members (excludes halogenated alkanes) is 3. The minimum absolute atomic E-state index is 0.00917. The van der Waals surface area contributed by atoms with E-state index in [1.807, 2.05) is 13.8 Å². The van der Waals surface area contributed by atoms with E-state index in [0.717, 1.165) is 31.7 Å². The van der Waals surface area contributed by atoms with E-state index in [-0.39, 0.29) is 31.0 Å². The van der Waals surface area contributed by atoms with Crippen molar-refractivity contribution in [1.29, 1.82) is 0 Å². The SMILES string of the molecule is CC(C)OCCC(=O)NCCCCCCOC[C@@]12CO[C@@H](O1)[C@H](Nc1cccc(C(F)(F)F)n1)[C@@H](O)[C@H]2O. The number of anilines is 1. The van der Waals surface area contributed by atoms with Gasteiger partial charge >= 0.3 is 6.18 Å². The first kappa shape index (κ1) is 30.5. The fraction of sp³-hybridized carbons (Fsp3) is 0.760. The highest BCUT2D eigenvalue weighted by atomic mass is 19.4. The lowest BCUT2D eigenvalue weighted by Gasteiger charge is -2.42. The van der Waals surface area contributed by atoms with Gasteiger partial charge in [0.25, 0.3) is 0 Å². The predicted octanol–water partition coefficient (Wildman–Crippen LogP) is 2.24. The molecule has 2 aliphatic rings. The molecule has 3 heterocycles. The van der Waals surface area contributed by atoms with E-state index in [2.05, 4.69) is 15.6 Å². The molecule has 2 saturated heterocycles. The van der Waals surface area contributed by atoms with Crippen LogP contribution in [-0.4, -0.2) is 90.3 Å². The molecule has 3 rings (SSSR count). The van der Waals surface area contributed by atoms with Crippen LogP contribution in [0.4, 0.5) is 19.0 Å². The summed E-state index contributed by atoms with van der Waals surface area (Å²) >= 11 is 0. The maximum Gasteiger partial charge on any atom is 0.433 e. The highest BCUT2D eigenvalue weighted by molar-refractivity contribution is 5.75. The standard InChI is InChI=1S/C25H38F3N3O7/c1-16(2)36-13-10-19(32)29-11-5-3-4-6-12-35-14-24-15-37-23(38-24)20(21(33)22(24)34)31-18-9-7-8-17(30-18)25(26,27)28/h7-9,16,20-23,33-34H,3-6,10-15H2,1-2H3,(H,29,32)(H,30,31)/t20-,21-,22-,23+,24+/m1/s1. The minimum Gasteiger partial charge on any atom is -0.388 e. The van der Waals surface area contributed by atoms with E-state index in [1.165, 1.54) is 12.1 Å². The largest absolute Gasteiger partial charge is 0.433 e. The lowest BCUT2D eigenvalue weighted by atomic mass is 9.88. The number of fused-ring (bicyclic) bond motifs is 2. The fourth-order valence-electron chi connectivity index (χ4n) is 4.31. The zero-order valence-corrected chi connectivity index (χ0v) is 21.7. The second-order valence-corrected chi connectivity index (χ2v) is 9.86. The number of carbonyl (C=O) groups is 1. The smallest absolute Gasteiger partial charge is 0.388 e. The van der Waals surface area contributed by atoms with E-state index < -0.39 is 42.0 Å². The molecular weight excluding hydrogens is 511 g/mol. The molecule has 0 aliphatic carbocycles. The predicted molar refractivity (Wildman–Crippen MR) is 130 cm³/mol. The number of aliphatic hydroxyl groups excluding tert-OH is 2. The van der Waals surface area contributed by atoms with Crippen LogP contribution in [0.5, 0.6) is 0 Å². The lowest BCUT2D eigenvalue weighted by Crippen LogP contribution is -2.64. The fourth-order valence-corrected chi connectivity index (χ4v) is 4.31. The van der Waals surface area contributed by atoms with Crippen LogP contribution in [0.3, 0.4) is 0 Å². The molecule has 2 fully saturated rings. The van der Waals surface area contributed by atoms with Crippen molar-refractivity contribution in [2.75, 3.05) is 38.3 Å². The molecule has 2 aliphatic heterocycles. The Morgan fingerprint density at radius 1 is 1.21 bits per heavy atom. The van der Waals surface area contributed by atoms with Crippen molar-refractivity contribution in [3.05, 3.63) is 23.9 Å². The minimum atomic E-state index is -4.62. The number of pyridine rings is 1. The maximum atomic E-state index is 13.0. The summed E-state index contributed by atoms with van der Waals surface area (Å²) in [6.45, 7) is 5.22. The summed E-state index contributed by atoms with van der Waals surface area (Å²) in [6.07, 6.45) is -4.52. The Morgan fingerprint density at radius 3 is 2.71 bits per heavy atom. The first-order valence-corrected chi connectivity index (χ1v) is 12.9. The summed E-state index contributed by atoms with van der Waals surface area (Å²) in [5, 5.41) is 27.0. The van der Waals surface area contributed by atoms with Gasteiger partial charge in [-0.25, -0.2) is 4.98 Å². The molecule has 13 heteroatoms. The number of hydrogen-bond acceptors (Lipinski definition) is 9. The second-order valence-electron chi connectivity index (χ2n) is 9.86. The molecule has 1 aromatic heterocycles. The molecule has 2 bridgehead atoms. The number of aliphatic hydroxyl groups is 2. The number of aromatic nitrogens is 1. The highest BCUT2D eigenvalue weighted by Crippen LogP contribution is 2.38. The third-order valence-corrected chi connectivity index (χ3v) is 6.38. The summed E-state index contributed by atoms with van der Waals surface area (Å²) < 4.78 is 61.4. The van der Waals surface area contributed by atoms with Crippen molar-refractivity contribution >= 4 is 11.7 Å². The Bertz CT molecular complexity index is 892. The van der Waals surface area contributed by atoms with Crippen LogP contribution in [-0.2, 0) is 29.9 Å². The number of carbonyl (C=O) groups excluding carboxylic acids is 1. The summed E-state index contributed by atoms with van der Waals surface area (Å²) in [4.78, 5) is 15.2. The summed E-state index contributed by atoms with van der Waals surface area (Å²) in [5.74, 6) is -0.152. The Labute approximate surface area is 220 Å². The van der Waals surface area contributed by atoms with Gasteiger partial charge in [-0.05, 0) is 38.8 Å². The molecule has 216 valence electrons.